The lowest BCUT2D eigenvalue weighted by molar-refractivity contribution is -0.162. The number of rotatable bonds is 11. The van der Waals surface area contributed by atoms with E-state index in [4.69, 9.17) is 9.47 Å². The second-order valence-electron chi connectivity index (χ2n) is 12.2. The van der Waals surface area contributed by atoms with Gasteiger partial charge in [0.25, 0.3) is 0 Å². The number of ether oxygens (including phenoxy) is 2. The van der Waals surface area contributed by atoms with Crippen LogP contribution >= 0.6 is 0 Å². The maximum Gasteiger partial charge on any atom is 0.382 e. The summed E-state index contributed by atoms with van der Waals surface area (Å²) in [5.41, 5.74) is -1.25. The quantitative estimate of drug-likeness (QED) is 0.205. The molecule has 0 aliphatic heterocycles. The number of aryl methyl sites for hydroxylation is 2. The number of hydrogen-bond donors (Lipinski definition) is 2. The number of alkyl halides is 2. The van der Waals surface area contributed by atoms with Crippen LogP contribution in [-0.4, -0.2) is 46.2 Å². The Hall–Kier alpha value is -3.28. The van der Waals surface area contributed by atoms with Gasteiger partial charge in [-0.3, -0.25) is 4.79 Å². The fourth-order valence-corrected chi connectivity index (χ4v) is 6.42. The summed E-state index contributed by atoms with van der Waals surface area (Å²) in [4.78, 5) is 24.9. The first-order valence-corrected chi connectivity index (χ1v) is 14.4. The average molecular weight is 583 g/mol. The van der Waals surface area contributed by atoms with Crippen molar-refractivity contribution in [1.82, 2.24) is 0 Å². The number of Topliss-reactive ketones (excluding diaryl/α,β-unsaturated/α-hetero) is 1. The fraction of sp³-hybridized carbons (Fsp3) is 0.529. The zero-order chi connectivity index (χ0) is 30.9. The number of ketones is 1. The van der Waals surface area contributed by atoms with E-state index in [9.17, 15) is 28.6 Å². The van der Waals surface area contributed by atoms with Crippen molar-refractivity contribution in [2.75, 3.05) is 7.11 Å². The topological polar surface area (TPSA) is 93.1 Å². The molecule has 2 saturated carbocycles. The second kappa shape index (κ2) is 12.1. The molecule has 4 rings (SSSR count). The molecule has 0 spiro atoms. The van der Waals surface area contributed by atoms with E-state index in [1.165, 1.54) is 6.07 Å². The van der Waals surface area contributed by atoms with Crippen LogP contribution in [0, 0.1) is 48.4 Å². The Morgan fingerprint density at radius 2 is 1.76 bits per heavy atom. The molecule has 226 valence electrons. The fourth-order valence-electron chi connectivity index (χ4n) is 6.42. The normalized spacial score (nSPS) is 24.8. The highest BCUT2D eigenvalue weighted by molar-refractivity contribution is 5.86. The number of fused-ring (bicyclic) bond motifs is 1. The number of benzene rings is 2. The van der Waals surface area contributed by atoms with Crippen molar-refractivity contribution in [3.63, 3.8) is 0 Å². The van der Waals surface area contributed by atoms with Crippen LogP contribution in [0.2, 0.25) is 0 Å². The van der Waals surface area contributed by atoms with E-state index >= 15 is 0 Å². The van der Waals surface area contributed by atoms with Gasteiger partial charge in [0.2, 0.25) is 0 Å². The third kappa shape index (κ3) is 6.53. The SMILES string of the molecule is COc1ccc(CCC(C)(O)C(C)(O)C2C3CC(=O)[C@@H](C(C)C#CCCC(F)(F)C(=O)Oc4ccccc4C)C32)cc1. The molecule has 6 unspecified atom stereocenters. The van der Waals surface area contributed by atoms with Crippen molar-refractivity contribution in [1.29, 1.82) is 0 Å². The smallest absolute Gasteiger partial charge is 0.382 e. The maximum atomic E-state index is 14.4. The zero-order valence-electron chi connectivity index (χ0n) is 24.8. The van der Waals surface area contributed by atoms with E-state index < -0.39 is 41.4 Å². The minimum Gasteiger partial charge on any atom is -0.497 e. The Kier molecular flexibility index (Phi) is 9.15. The number of esters is 1. The lowest BCUT2D eigenvalue weighted by Gasteiger charge is -2.41. The third-order valence-corrected chi connectivity index (χ3v) is 9.28. The van der Waals surface area contributed by atoms with E-state index in [0.29, 0.717) is 24.8 Å². The highest BCUT2D eigenvalue weighted by Crippen LogP contribution is 2.66. The monoisotopic (exact) mass is 582 g/mol. The predicted octanol–water partition coefficient (Wildman–Crippen LogP) is 5.55. The molecule has 0 bridgehead atoms. The summed E-state index contributed by atoms with van der Waals surface area (Å²) in [7, 11) is 1.60. The summed E-state index contributed by atoms with van der Waals surface area (Å²) >= 11 is 0. The summed E-state index contributed by atoms with van der Waals surface area (Å²) in [6.07, 6.45) is 0.159. The van der Waals surface area contributed by atoms with Crippen LogP contribution in [0.5, 0.6) is 11.5 Å². The van der Waals surface area contributed by atoms with Gasteiger partial charge in [0.1, 0.15) is 17.3 Å². The van der Waals surface area contributed by atoms with Gasteiger partial charge in [0.05, 0.1) is 18.3 Å². The molecular weight excluding hydrogens is 542 g/mol. The lowest BCUT2D eigenvalue weighted by atomic mass is 9.74. The summed E-state index contributed by atoms with van der Waals surface area (Å²) in [5, 5.41) is 22.9. The van der Waals surface area contributed by atoms with Crippen LogP contribution in [0.15, 0.2) is 48.5 Å². The van der Waals surface area contributed by atoms with Gasteiger partial charge in [0, 0.05) is 31.1 Å². The van der Waals surface area contributed by atoms with E-state index in [0.717, 1.165) is 11.3 Å². The van der Waals surface area contributed by atoms with Crippen LogP contribution < -0.4 is 9.47 Å². The minimum absolute atomic E-state index is 0.0452. The van der Waals surface area contributed by atoms with Gasteiger partial charge in [-0.1, -0.05) is 43.2 Å². The molecule has 0 radical (unpaired) electrons. The highest BCUT2D eigenvalue weighted by atomic mass is 19.3. The Bertz CT molecular complexity index is 1350. The number of carbonyl (C=O) groups is 2. The molecular formula is C34H40F2O6. The summed E-state index contributed by atoms with van der Waals surface area (Å²) in [5.74, 6) is -0.0815. The molecule has 6 nitrogen and oxygen atoms in total. The number of aliphatic hydroxyl groups is 2. The van der Waals surface area contributed by atoms with Crippen LogP contribution in [0.1, 0.15) is 57.6 Å². The van der Waals surface area contributed by atoms with Crippen molar-refractivity contribution < 1.29 is 38.1 Å². The van der Waals surface area contributed by atoms with Crippen LogP contribution in [0.25, 0.3) is 0 Å². The average Bonchev–Trinajstić information content (AvgIpc) is 3.54. The van der Waals surface area contributed by atoms with Gasteiger partial charge in [-0.15, -0.1) is 5.92 Å². The molecule has 7 atom stereocenters. The number of para-hydroxylation sites is 1. The minimum atomic E-state index is -3.70. The van der Waals surface area contributed by atoms with Gasteiger partial charge in [0.15, 0.2) is 0 Å². The molecule has 2 aliphatic carbocycles. The zero-order valence-corrected chi connectivity index (χ0v) is 24.8. The van der Waals surface area contributed by atoms with Crippen LogP contribution in [0.4, 0.5) is 8.78 Å². The number of methoxy groups -OCH3 is 1. The first-order chi connectivity index (χ1) is 19.7. The molecule has 2 aromatic rings. The molecule has 0 amide bonds. The standard InChI is InChI=1S/C34H40F2O6/c1-21-10-6-7-12-27(21)42-31(38)34(35,36)18-9-8-11-22(2)28-26(37)20-25-29(28)30(25)33(4,40)32(3,39)19-17-23-13-15-24(41-5)16-14-23/h6-7,10,12-16,22,25,28-30,39-40H,9,17-20H2,1-5H3/t22?,25?,28-,29?,30?,32?,33?/m1/s1. The molecule has 2 fully saturated rings. The van der Waals surface area contributed by atoms with Crippen LogP contribution in [-0.2, 0) is 16.0 Å². The summed E-state index contributed by atoms with van der Waals surface area (Å²) in [6, 6.07) is 14.0. The van der Waals surface area contributed by atoms with Gasteiger partial charge in [-0.25, -0.2) is 4.79 Å². The largest absolute Gasteiger partial charge is 0.497 e. The van der Waals surface area contributed by atoms with Crippen molar-refractivity contribution in [3.8, 4) is 23.3 Å². The van der Waals surface area contributed by atoms with Crippen molar-refractivity contribution in [3.05, 3.63) is 59.7 Å². The van der Waals surface area contributed by atoms with E-state index in [1.807, 2.05) is 24.3 Å². The summed E-state index contributed by atoms with van der Waals surface area (Å²) < 4.78 is 39.0. The van der Waals surface area contributed by atoms with Crippen LogP contribution in [0.3, 0.4) is 0 Å². The van der Waals surface area contributed by atoms with E-state index in [1.54, 1.807) is 53.0 Å². The number of carbonyl (C=O) groups excluding carboxylic acids is 2. The molecule has 2 N–H and O–H groups in total. The van der Waals surface area contributed by atoms with Crippen molar-refractivity contribution >= 4 is 11.8 Å². The van der Waals surface area contributed by atoms with E-state index in [2.05, 4.69) is 11.8 Å². The first kappa shape index (κ1) is 31.7. The third-order valence-electron chi connectivity index (χ3n) is 9.28. The highest BCUT2D eigenvalue weighted by Gasteiger charge is 2.70. The van der Waals surface area contributed by atoms with Crippen molar-refractivity contribution in [2.45, 2.75) is 76.9 Å². The summed E-state index contributed by atoms with van der Waals surface area (Å²) in [6.45, 7) is 6.72. The Balaban J connectivity index is 1.33. The molecule has 2 aromatic carbocycles. The molecule has 0 heterocycles. The van der Waals surface area contributed by atoms with Crippen molar-refractivity contribution in [2.24, 2.45) is 29.6 Å². The van der Waals surface area contributed by atoms with Gasteiger partial charge in [-0.05, 0) is 80.7 Å². The Morgan fingerprint density at radius 1 is 1.10 bits per heavy atom. The van der Waals surface area contributed by atoms with E-state index in [-0.39, 0.29) is 35.7 Å². The van der Waals surface area contributed by atoms with Gasteiger partial charge < -0.3 is 19.7 Å². The van der Waals surface area contributed by atoms with Gasteiger partial charge in [-0.2, -0.15) is 8.78 Å². The number of halogens is 2. The lowest BCUT2D eigenvalue weighted by Crippen LogP contribution is -2.53. The predicted molar refractivity (Wildman–Crippen MR) is 154 cm³/mol. The molecule has 42 heavy (non-hydrogen) atoms. The number of hydrogen-bond acceptors (Lipinski definition) is 6. The van der Waals surface area contributed by atoms with Gasteiger partial charge >= 0.3 is 11.9 Å². The molecule has 0 saturated heterocycles. The Morgan fingerprint density at radius 3 is 2.40 bits per heavy atom. The first-order valence-electron chi connectivity index (χ1n) is 14.4. The maximum absolute atomic E-state index is 14.4. The molecule has 8 heteroatoms. The molecule has 0 aromatic heterocycles. The Labute approximate surface area is 246 Å². The molecule has 2 aliphatic rings. The second-order valence-corrected chi connectivity index (χ2v) is 12.2.